The summed E-state index contributed by atoms with van der Waals surface area (Å²) in [6.45, 7) is 4.39. The summed E-state index contributed by atoms with van der Waals surface area (Å²) in [6, 6.07) is 1.64. The van der Waals surface area contributed by atoms with Crippen molar-refractivity contribution in [1.82, 2.24) is 10.1 Å². The van der Waals surface area contributed by atoms with E-state index in [9.17, 15) is 9.59 Å². The molecule has 1 aromatic heterocycles. The van der Waals surface area contributed by atoms with E-state index in [1.807, 2.05) is 6.92 Å². The van der Waals surface area contributed by atoms with E-state index in [0.717, 1.165) is 12.8 Å². The van der Waals surface area contributed by atoms with Gasteiger partial charge in [0.05, 0.1) is 13.2 Å². The van der Waals surface area contributed by atoms with E-state index in [0.29, 0.717) is 12.3 Å². The van der Waals surface area contributed by atoms with E-state index in [1.165, 1.54) is 4.90 Å². The first-order valence-corrected chi connectivity index (χ1v) is 6.65. The summed E-state index contributed by atoms with van der Waals surface area (Å²) in [5.74, 6) is -0.171. The molecule has 0 spiro atoms. The largest absolute Gasteiger partial charge is 0.367 e. The molecule has 1 aliphatic rings. The van der Waals surface area contributed by atoms with Crippen molar-refractivity contribution in [3.63, 3.8) is 0 Å². The van der Waals surface area contributed by atoms with E-state index in [2.05, 4.69) is 5.16 Å². The Morgan fingerprint density at radius 2 is 2.30 bits per heavy atom. The lowest BCUT2D eigenvalue weighted by Gasteiger charge is -2.37. The lowest BCUT2D eigenvalue weighted by molar-refractivity contribution is -0.150. The molecule has 1 saturated heterocycles. The summed E-state index contributed by atoms with van der Waals surface area (Å²) in [5.41, 5.74) is 4.41. The van der Waals surface area contributed by atoms with Gasteiger partial charge in [-0.25, -0.2) is 0 Å². The monoisotopic (exact) mass is 281 g/mol. The topological polar surface area (TPSA) is 98.7 Å². The van der Waals surface area contributed by atoms with E-state index >= 15 is 0 Å². The number of amides is 2. The number of nitrogens with zero attached hydrogens (tertiary/aromatic N) is 2. The van der Waals surface area contributed by atoms with Crippen molar-refractivity contribution in [2.75, 3.05) is 19.7 Å². The number of aromatic nitrogens is 1. The van der Waals surface area contributed by atoms with Gasteiger partial charge in [0.15, 0.2) is 11.3 Å². The Hall–Kier alpha value is -1.89. The number of carbonyl (C=O) groups is 2. The van der Waals surface area contributed by atoms with Gasteiger partial charge in [-0.2, -0.15) is 0 Å². The molecule has 0 bridgehead atoms. The van der Waals surface area contributed by atoms with Crippen LogP contribution < -0.4 is 5.73 Å². The fraction of sp³-hybridized carbons (Fsp3) is 0.615. The normalized spacial score (nSPS) is 22.8. The lowest BCUT2D eigenvalue weighted by atomic mass is 10.0. The van der Waals surface area contributed by atoms with Crippen LogP contribution in [0.5, 0.6) is 0 Å². The first kappa shape index (κ1) is 14.5. The summed E-state index contributed by atoms with van der Waals surface area (Å²) in [4.78, 5) is 25.2. The minimum Gasteiger partial charge on any atom is -0.367 e. The quantitative estimate of drug-likeness (QED) is 0.858. The van der Waals surface area contributed by atoms with Crippen molar-refractivity contribution in [2.45, 2.75) is 32.3 Å². The molecule has 7 nitrogen and oxygen atoms in total. The third-order valence-corrected chi connectivity index (χ3v) is 3.36. The Bertz CT molecular complexity index is 513. The van der Waals surface area contributed by atoms with Crippen molar-refractivity contribution >= 4 is 11.8 Å². The van der Waals surface area contributed by atoms with Gasteiger partial charge in [0, 0.05) is 19.0 Å². The number of carbonyl (C=O) groups excluding carboxylic acids is 2. The maximum Gasteiger partial charge on any atom is 0.276 e. The Kier molecular flexibility index (Phi) is 4.08. The lowest BCUT2D eigenvalue weighted by Crippen LogP contribution is -2.58. The van der Waals surface area contributed by atoms with E-state index in [4.69, 9.17) is 15.0 Å². The molecule has 7 heteroatoms. The van der Waals surface area contributed by atoms with Crippen LogP contribution in [0.4, 0.5) is 0 Å². The second-order valence-corrected chi connectivity index (χ2v) is 5.10. The number of primary amides is 1. The van der Waals surface area contributed by atoms with Crippen LogP contribution in [0.25, 0.3) is 0 Å². The first-order chi connectivity index (χ1) is 9.46. The average molecular weight is 281 g/mol. The van der Waals surface area contributed by atoms with E-state index in [1.54, 1.807) is 13.0 Å². The predicted octanol–water partition coefficient (Wildman–Crippen LogP) is 0.344. The van der Waals surface area contributed by atoms with Gasteiger partial charge >= 0.3 is 0 Å². The van der Waals surface area contributed by atoms with Gasteiger partial charge < -0.3 is 19.9 Å². The third kappa shape index (κ3) is 2.82. The Labute approximate surface area is 117 Å². The zero-order chi connectivity index (χ0) is 14.8. The molecular weight excluding hydrogens is 262 g/mol. The van der Waals surface area contributed by atoms with Gasteiger partial charge in [0.1, 0.15) is 5.76 Å². The molecule has 1 fully saturated rings. The second-order valence-electron chi connectivity index (χ2n) is 5.10. The zero-order valence-electron chi connectivity index (χ0n) is 11.7. The standard InChI is InChI=1S/C13H19N3O4/c1-3-4-9-7-10(15-20-9)11(17)16-5-6-19-13(2,8-16)12(14)18/h7H,3-6,8H2,1-2H3,(H2,14,18). The molecule has 2 N–H and O–H groups in total. The molecule has 2 rings (SSSR count). The number of rotatable bonds is 4. The fourth-order valence-corrected chi connectivity index (χ4v) is 2.13. The molecule has 0 aliphatic carbocycles. The molecule has 1 atom stereocenters. The van der Waals surface area contributed by atoms with Crippen molar-refractivity contribution in [2.24, 2.45) is 5.73 Å². The summed E-state index contributed by atoms with van der Waals surface area (Å²) in [5, 5.41) is 3.78. The Morgan fingerprint density at radius 3 is 2.95 bits per heavy atom. The molecular formula is C13H19N3O4. The van der Waals surface area contributed by atoms with Crippen LogP contribution in [-0.2, 0) is 16.0 Å². The number of hydrogen-bond donors (Lipinski definition) is 1. The van der Waals surface area contributed by atoms with Gasteiger partial charge in [0.2, 0.25) is 0 Å². The molecule has 0 radical (unpaired) electrons. The van der Waals surface area contributed by atoms with Gasteiger partial charge in [-0.05, 0) is 13.3 Å². The average Bonchev–Trinajstić information content (AvgIpc) is 2.87. The Morgan fingerprint density at radius 1 is 1.55 bits per heavy atom. The number of nitrogens with two attached hydrogens (primary N) is 1. The maximum absolute atomic E-state index is 12.3. The third-order valence-electron chi connectivity index (χ3n) is 3.36. The SMILES string of the molecule is CCCc1cc(C(=O)N2CCOC(C)(C(N)=O)C2)no1. The van der Waals surface area contributed by atoms with E-state index < -0.39 is 11.5 Å². The fourth-order valence-electron chi connectivity index (χ4n) is 2.13. The van der Waals surface area contributed by atoms with Crippen LogP contribution in [0.2, 0.25) is 0 Å². The Balaban J connectivity index is 2.10. The highest BCUT2D eigenvalue weighted by Crippen LogP contribution is 2.19. The molecule has 1 aromatic rings. The molecule has 1 aliphatic heterocycles. The van der Waals surface area contributed by atoms with Gasteiger partial charge in [-0.15, -0.1) is 0 Å². The van der Waals surface area contributed by atoms with Crippen LogP contribution in [0.1, 0.15) is 36.5 Å². The number of hydrogen-bond acceptors (Lipinski definition) is 5. The molecule has 1 unspecified atom stereocenters. The van der Waals surface area contributed by atoms with Crippen molar-refractivity contribution in [3.8, 4) is 0 Å². The maximum atomic E-state index is 12.3. The molecule has 110 valence electrons. The minimum absolute atomic E-state index is 0.122. The van der Waals surface area contributed by atoms with Crippen molar-refractivity contribution < 1.29 is 18.8 Å². The van der Waals surface area contributed by atoms with Gasteiger partial charge in [-0.1, -0.05) is 12.1 Å². The highest BCUT2D eigenvalue weighted by atomic mass is 16.5. The van der Waals surface area contributed by atoms with Gasteiger partial charge in [-0.3, -0.25) is 9.59 Å². The number of morpholine rings is 1. The summed E-state index contributed by atoms with van der Waals surface area (Å²) in [6.07, 6.45) is 1.66. The number of ether oxygens (including phenoxy) is 1. The van der Waals surface area contributed by atoms with Crippen LogP contribution in [0, 0.1) is 0 Å². The molecule has 2 amide bonds. The molecule has 0 saturated carbocycles. The van der Waals surface area contributed by atoms with Gasteiger partial charge in [0.25, 0.3) is 11.8 Å². The van der Waals surface area contributed by atoms with Crippen molar-refractivity contribution in [1.29, 1.82) is 0 Å². The van der Waals surface area contributed by atoms with Crippen LogP contribution in [0.15, 0.2) is 10.6 Å². The second kappa shape index (κ2) is 5.62. The highest BCUT2D eigenvalue weighted by Gasteiger charge is 2.39. The zero-order valence-corrected chi connectivity index (χ0v) is 11.7. The number of aryl methyl sites for hydroxylation is 1. The molecule has 2 heterocycles. The first-order valence-electron chi connectivity index (χ1n) is 6.65. The van der Waals surface area contributed by atoms with E-state index in [-0.39, 0.29) is 24.8 Å². The minimum atomic E-state index is -1.15. The van der Waals surface area contributed by atoms with Crippen LogP contribution >= 0.6 is 0 Å². The predicted molar refractivity (Wildman–Crippen MR) is 70.0 cm³/mol. The highest BCUT2D eigenvalue weighted by molar-refractivity contribution is 5.93. The van der Waals surface area contributed by atoms with Crippen LogP contribution in [-0.4, -0.2) is 47.2 Å². The summed E-state index contributed by atoms with van der Waals surface area (Å²) < 4.78 is 10.5. The van der Waals surface area contributed by atoms with Crippen molar-refractivity contribution in [3.05, 3.63) is 17.5 Å². The summed E-state index contributed by atoms with van der Waals surface area (Å²) >= 11 is 0. The smallest absolute Gasteiger partial charge is 0.276 e. The molecule has 0 aromatic carbocycles. The molecule has 20 heavy (non-hydrogen) atoms. The summed E-state index contributed by atoms with van der Waals surface area (Å²) in [7, 11) is 0. The van der Waals surface area contributed by atoms with Crippen LogP contribution in [0.3, 0.4) is 0 Å².